The number of benzene rings is 2. The molecule has 0 unspecified atom stereocenters. The van der Waals surface area contributed by atoms with E-state index in [1.54, 1.807) is 37.3 Å². The number of nitrogens with two attached hydrogens (primary N) is 1. The third-order valence-electron chi connectivity index (χ3n) is 3.37. The van der Waals surface area contributed by atoms with Crippen molar-refractivity contribution in [2.24, 2.45) is 0 Å². The number of esters is 1. The summed E-state index contributed by atoms with van der Waals surface area (Å²) < 4.78 is 5.33. The summed E-state index contributed by atoms with van der Waals surface area (Å²) in [7, 11) is 0. The molecule has 136 valence electrons. The molecule has 0 heterocycles. The number of anilines is 1. The van der Waals surface area contributed by atoms with Crippen molar-refractivity contribution in [3.05, 3.63) is 64.7 Å². The minimum absolute atomic E-state index is 0.0705. The second-order valence-electron chi connectivity index (χ2n) is 5.28. The van der Waals surface area contributed by atoms with Crippen LogP contribution < -0.4 is 16.4 Å². The van der Waals surface area contributed by atoms with Gasteiger partial charge in [0.2, 0.25) is 6.10 Å². The molecule has 8 heteroatoms. The zero-order valence-corrected chi connectivity index (χ0v) is 14.7. The molecule has 0 aliphatic carbocycles. The fraction of sp³-hybridized carbons (Fsp3) is 0.167. The lowest BCUT2D eigenvalue weighted by molar-refractivity contribution is -0.129. The zero-order chi connectivity index (χ0) is 19.1. The molecule has 4 N–H and O–H groups in total. The number of ether oxygens (including phenoxy) is 1. The van der Waals surface area contributed by atoms with Gasteiger partial charge in [-0.3, -0.25) is 10.1 Å². The molecular weight excluding hydrogens is 358 g/mol. The Labute approximate surface area is 155 Å². The molecule has 1 atom stereocenters. The minimum atomic E-state index is -1.32. The maximum Gasteiger partial charge on any atom is 0.341 e. The van der Waals surface area contributed by atoms with E-state index in [0.29, 0.717) is 17.1 Å². The highest BCUT2D eigenvalue weighted by atomic mass is 35.5. The molecule has 0 aliphatic rings. The maximum atomic E-state index is 12.5. The normalized spacial score (nSPS) is 11.3. The van der Waals surface area contributed by atoms with Crippen LogP contribution in [-0.4, -0.2) is 24.5 Å². The molecule has 0 aromatic heterocycles. The number of hydrogen-bond acceptors (Lipinski definition) is 5. The van der Waals surface area contributed by atoms with Crippen molar-refractivity contribution in [2.75, 3.05) is 12.3 Å². The number of rotatable bonds is 5. The Morgan fingerprint density at radius 1 is 1.15 bits per heavy atom. The fourth-order valence-corrected chi connectivity index (χ4v) is 2.35. The summed E-state index contributed by atoms with van der Waals surface area (Å²) >= 11 is 5.82. The van der Waals surface area contributed by atoms with Crippen molar-refractivity contribution < 1.29 is 19.1 Å². The molecule has 2 aromatic carbocycles. The average molecular weight is 376 g/mol. The van der Waals surface area contributed by atoms with E-state index in [9.17, 15) is 14.4 Å². The van der Waals surface area contributed by atoms with E-state index in [0.717, 1.165) is 0 Å². The van der Waals surface area contributed by atoms with Crippen molar-refractivity contribution in [2.45, 2.75) is 13.0 Å². The van der Waals surface area contributed by atoms with Crippen LogP contribution in [0.2, 0.25) is 5.02 Å². The smallest absolute Gasteiger partial charge is 0.341 e. The van der Waals surface area contributed by atoms with Crippen LogP contribution in [-0.2, 0) is 9.53 Å². The van der Waals surface area contributed by atoms with Crippen molar-refractivity contribution in [3.63, 3.8) is 0 Å². The SMILES string of the molecule is CCNC(=O)NC(=O)[C@H](OC(=O)c1ccc(Cl)cc1N)c1ccccc1. The van der Waals surface area contributed by atoms with Gasteiger partial charge in [-0.25, -0.2) is 9.59 Å². The minimum Gasteiger partial charge on any atom is -0.444 e. The first-order chi connectivity index (χ1) is 12.4. The molecule has 0 fully saturated rings. The lowest BCUT2D eigenvalue weighted by Crippen LogP contribution is -2.42. The molecule has 7 nitrogen and oxygen atoms in total. The van der Waals surface area contributed by atoms with Gasteiger partial charge in [0, 0.05) is 22.8 Å². The molecule has 0 radical (unpaired) electrons. The number of urea groups is 1. The molecular formula is C18H18ClN3O4. The second kappa shape index (κ2) is 8.87. The highest BCUT2D eigenvalue weighted by molar-refractivity contribution is 6.31. The van der Waals surface area contributed by atoms with Crippen LogP contribution in [0.1, 0.15) is 28.9 Å². The second-order valence-corrected chi connectivity index (χ2v) is 5.71. The summed E-state index contributed by atoms with van der Waals surface area (Å²) in [5.41, 5.74) is 6.39. The van der Waals surface area contributed by atoms with E-state index < -0.39 is 24.0 Å². The van der Waals surface area contributed by atoms with Crippen molar-refractivity contribution in [1.29, 1.82) is 0 Å². The quantitative estimate of drug-likeness (QED) is 0.549. The lowest BCUT2D eigenvalue weighted by atomic mass is 10.1. The van der Waals surface area contributed by atoms with Crippen molar-refractivity contribution >= 4 is 35.2 Å². The van der Waals surface area contributed by atoms with Gasteiger partial charge in [-0.1, -0.05) is 41.9 Å². The van der Waals surface area contributed by atoms with Crippen LogP contribution in [0.3, 0.4) is 0 Å². The van der Waals surface area contributed by atoms with Gasteiger partial charge < -0.3 is 15.8 Å². The predicted octanol–water partition coefficient (Wildman–Crippen LogP) is 2.67. The van der Waals surface area contributed by atoms with E-state index in [4.69, 9.17) is 22.1 Å². The van der Waals surface area contributed by atoms with Gasteiger partial charge in [0.1, 0.15) is 0 Å². The monoisotopic (exact) mass is 375 g/mol. The number of nitrogens with one attached hydrogen (secondary N) is 2. The number of imide groups is 1. The van der Waals surface area contributed by atoms with Gasteiger partial charge in [0.25, 0.3) is 5.91 Å². The number of halogens is 1. The van der Waals surface area contributed by atoms with Gasteiger partial charge in [0.05, 0.1) is 5.56 Å². The topological polar surface area (TPSA) is 111 Å². The van der Waals surface area contributed by atoms with Crippen LogP contribution in [0.15, 0.2) is 48.5 Å². The lowest BCUT2D eigenvalue weighted by Gasteiger charge is -2.18. The largest absolute Gasteiger partial charge is 0.444 e. The standard InChI is InChI=1S/C18H18ClN3O4/c1-2-21-18(25)22-16(23)15(11-6-4-3-5-7-11)26-17(24)13-9-8-12(19)10-14(13)20/h3-10,15H,2,20H2,1H3,(H2,21,22,23,25)/t15-/m1/s1. The number of amides is 3. The number of nitrogen functional groups attached to an aromatic ring is 1. The summed E-state index contributed by atoms with van der Waals surface area (Å²) in [6.07, 6.45) is -1.32. The Hall–Kier alpha value is -3.06. The number of carbonyl (C=O) groups excluding carboxylic acids is 3. The molecule has 0 bridgehead atoms. The Kier molecular flexibility index (Phi) is 6.57. The molecule has 26 heavy (non-hydrogen) atoms. The highest BCUT2D eigenvalue weighted by Crippen LogP contribution is 2.23. The van der Waals surface area contributed by atoms with Crippen LogP contribution >= 0.6 is 11.6 Å². The van der Waals surface area contributed by atoms with Gasteiger partial charge in [0.15, 0.2) is 0 Å². The van der Waals surface area contributed by atoms with E-state index in [1.165, 1.54) is 18.2 Å². The Morgan fingerprint density at radius 2 is 1.85 bits per heavy atom. The van der Waals surface area contributed by atoms with Crippen LogP contribution in [0.4, 0.5) is 10.5 Å². The van der Waals surface area contributed by atoms with E-state index >= 15 is 0 Å². The summed E-state index contributed by atoms with van der Waals surface area (Å²) in [5, 5.41) is 4.95. The molecule has 0 spiro atoms. The fourth-order valence-electron chi connectivity index (χ4n) is 2.17. The molecule has 2 rings (SSSR count). The molecule has 2 aromatic rings. The van der Waals surface area contributed by atoms with Crippen LogP contribution in [0.5, 0.6) is 0 Å². The number of carbonyl (C=O) groups is 3. The van der Waals surface area contributed by atoms with E-state index in [-0.39, 0.29) is 11.3 Å². The molecule has 0 saturated carbocycles. The third kappa shape index (κ3) is 4.97. The summed E-state index contributed by atoms with van der Waals surface area (Å²) in [6.45, 7) is 2.05. The first-order valence-electron chi connectivity index (χ1n) is 7.82. The van der Waals surface area contributed by atoms with Crippen LogP contribution in [0.25, 0.3) is 0 Å². The highest BCUT2D eigenvalue weighted by Gasteiger charge is 2.27. The average Bonchev–Trinajstić information content (AvgIpc) is 2.60. The van der Waals surface area contributed by atoms with Gasteiger partial charge in [-0.15, -0.1) is 0 Å². The van der Waals surface area contributed by atoms with Crippen molar-refractivity contribution in [1.82, 2.24) is 10.6 Å². The first-order valence-corrected chi connectivity index (χ1v) is 8.19. The van der Waals surface area contributed by atoms with Gasteiger partial charge >= 0.3 is 12.0 Å². The molecule has 3 amide bonds. The summed E-state index contributed by atoms with van der Waals surface area (Å²) in [6, 6.07) is 12.0. The zero-order valence-electron chi connectivity index (χ0n) is 14.0. The van der Waals surface area contributed by atoms with Crippen LogP contribution in [0, 0.1) is 0 Å². The maximum absolute atomic E-state index is 12.5. The Morgan fingerprint density at radius 3 is 2.46 bits per heavy atom. The summed E-state index contributed by atoms with van der Waals surface area (Å²) in [5.74, 6) is -1.58. The Balaban J connectivity index is 2.25. The Bertz CT molecular complexity index is 811. The molecule has 0 saturated heterocycles. The predicted molar refractivity (Wildman–Crippen MR) is 97.7 cm³/mol. The van der Waals surface area contributed by atoms with E-state index in [1.807, 2.05) is 0 Å². The van der Waals surface area contributed by atoms with Gasteiger partial charge in [-0.2, -0.15) is 0 Å². The van der Waals surface area contributed by atoms with E-state index in [2.05, 4.69) is 10.6 Å². The first kappa shape index (κ1) is 19.3. The molecule has 0 aliphatic heterocycles. The van der Waals surface area contributed by atoms with Crippen molar-refractivity contribution in [3.8, 4) is 0 Å². The summed E-state index contributed by atoms with van der Waals surface area (Å²) in [4.78, 5) is 36.5. The third-order valence-corrected chi connectivity index (χ3v) is 3.61. The number of hydrogen-bond donors (Lipinski definition) is 3. The van der Waals surface area contributed by atoms with Gasteiger partial charge in [-0.05, 0) is 25.1 Å².